The standard InChI is InChI=1S/C24H34N4O.HI/c1-25-24(27-17-21-8-12-23(13-9-21)19-29-2)26-16-20-6-10-22(11-7-20)18-28-14-4-3-5-15-28;/h6-13H,3-5,14-19H2,1-2H3,(H2,25,26,27);1H. The van der Waals surface area contributed by atoms with Crippen molar-refractivity contribution < 1.29 is 4.74 Å². The molecule has 0 radical (unpaired) electrons. The van der Waals surface area contributed by atoms with E-state index in [1.165, 1.54) is 54.6 Å². The van der Waals surface area contributed by atoms with Crippen LogP contribution in [0, 0.1) is 0 Å². The van der Waals surface area contributed by atoms with E-state index in [4.69, 9.17) is 4.74 Å². The first-order chi connectivity index (χ1) is 14.3. The highest BCUT2D eigenvalue weighted by molar-refractivity contribution is 14.0. The molecule has 1 saturated heterocycles. The number of piperidine rings is 1. The van der Waals surface area contributed by atoms with Gasteiger partial charge in [-0.15, -0.1) is 24.0 Å². The predicted octanol–water partition coefficient (Wildman–Crippen LogP) is 4.30. The minimum atomic E-state index is 0. The molecule has 0 aliphatic carbocycles. The van der Waals surface area contributed by atoms with Crippen molar-refractivity contribution in [1.29, 1.82) is 0 Å². The Bertz CT molecular complexity index is 756. The molecule has 164 valence electrons. The monoisotopic (exact) mass is 522 g/mol. The topological polar surface area (TPSA) is 48.9 Å². The van der Waals surface area contributed by atoms with E-state index in [0.29, 0.717) is 6.61 Å². The second kappa shape index (κ2) is 13.6. The summed E-state index contributed by atoms with van der Waals surface area (Å²) in [7, 11) is 3.52. The van der Waals surface area contributed by atoms with Crippen molar-refractivity contribution in [3.8, 4) is 0 Å². The number of likely N-dealkylation sites (tertiary alicyclic amines) is 1. The number of benzene rings is 2. The molecule has 0 amide bonds. The molecule has 3 rings (SSSR count). The minimum absolute atomic E-state index is 0. The van der Waals surface area contributed by atoms with Gasteiger partial charge in [0.05, 0.1) is 6.61 Å². The molecule has 1 heterocycles. The number of nitrogens with zero attached hydrogens (tertiary/aromatic N) is 2. The van der Waals surface area contributed by atoms with E-state index in [-0.39, 0.29) is 24.0 Å². The lowest BCUT2D eigenvalue weighted by Crippen LogP contribution is -2.36. The highest BCUT2D eigenvalue weighted by Gasteiger charge is 2.10. The summed E-state index contributed by atoms with van der Waals surface area (Å²) in [4.78, 5) is 6.89. The molecule has 30 heavy (non-hydrogen) atoms. The average molecular weight is 522 g/mol. The Labute approximate surface area is 198 Å². The maximum Gasteiger partial charge on any atom is 0.191 e. The van der Waals surface area contributed by atoms with Gasteiger partial charge in [0, 0.05) is 33.8 Å². The molecule has 2 aromatic carbocycles. The molecule has 0 bridgehead atoms. The van der Waals surface area contributed by atoms with Crippen LogP contribution in [0.4, 0.5) is 0 Å². The Kier molecular flexibility index (Phi) is 11.2. The number of hydrogen-bond acceptors (Lipinski definition) is 3. The lowest BCUT2D eigenvalue weighted by molar-refractivity contribution is 0.185. The van der Waals surface area contributed by atoms with Crippen LogP contribution in [0.5, 0.6) is 0 Å². The number of rotatable bonds is 8. The van der Waals surface area contributed by atoms with Crippen LogP contribution in [0.15, 0.2) is 53.5 Å². The van der Waals surface area contributed by atoms with Crippen LogP contribution in [0.3, 0.4) is 0 Å². The lowest BCUT2D eigenvalue weighted by Gasteiger charge is -2.26. The molecule has 2 N–H and O–H groups in total. The second-order valence-electron chi connectivity index (χ2n) is 7.68. The van der Waals surface area contributed by atoms with Crippen LogP contribution < -0.4 is 10.6 Å². The van der Waals surface area contributed by atoms with E-state index < -0.39 is 0 Å². The number of methoxy groups -OCH3 is 1. The van der Waals surface area contributed by atoms with Crippen molar-refractivity contribution in [3.63, 3.8) is 0 Å². The van der Waals surface area contributed by atoms with Crippen LogP contribution >= 0.6 is 24.0 Å². The molecule has 0 saturated carbocycles. The normalized spacial score (nSPS) is 14.8. The minimum Gasteiger partial charge on any atom is -0.380 e. The Balaban J connectivity index is 0.00000320. The summed E-state index contributed by atoms with van der Waals surface area (Å²) in [6.07, 6.45) is 4.06. The van der Waals surface area contributed by atoms with E-state index in [1.807, 2.05) is 0 Å². The van der Waals surface area contributed by atoms with E-state index in [1.54, 1.807) is 14.2 Å². The van der Waals surface area contributed by atoms with Gasteiger partial charge >= 0.3 is 0 Å². The maximum atomic E-state index is 5.16. The van der Waals surface area contributed by atoms with Gasteiger partial charge in [0.2, 0.25) is 0 Å². The second-order valence-corrected chi connectivity index (χ2v) is 7.68. The summed E-state index contributed by atoms with van der Waals surface area (Å²) in [5, 5.41) is 6.77. The maximum absolute atomic E-state index is 5.16. The first-order valence-corrected chi connectivity index (χ1v) is 10.6. The number of halogens is 1. The molecule has 1 fully saturated rings. The summed E-state index contributed by atoms with van der Waals surface area (Å²) in [5.74, 6) is 0.809. The lowest BCUT2D eigenvalue weighted by atomic mass is 10.1. The average Bonchev–Trinajstić information content (AvgIpc) is 2.77. The van der Waals surface area contributed by atoms with E-state index in [2.05, 4.69) is 69.1 Å². The molecule has 6 heteroatoms. The highest BCUT2D eigenvalue weighted by atomic mass is 127. The molecule has 0 atom stereocenters. The van der Waals surface area contributed by atoms with E-state index in [0.717, 1.165) is 25.6 Å². The third-order valence-corrected chi connectivity index (χ3v) is 5.36. The van der Waals surface area contributed by atoms with Crippen LogP contribution in [-0.4, -0.2) is 38.1 Å². The first kappa shape index (κ1) is 24.6. The Morgan fingerprint density at radius 2 is 1.33 bits per heavy atom. The van der Waals surface area contributed by atoms with Gasteiger partial charge in [-0.05, 0) is 48.2 Å². The summed E-state index contributed by atoms with van der Waals surface area (Å²) in [6.45, 7) is 5.69. The van der Waals surface area contributed by atoms with Crippen molar-refractivity contribution in [3.05, 3.63) is 70.8 Å². The molecule has 5 nitrogen and oxygen atoms in total. The number of nitrogens with one attached hydrogen (secondary N) is 2. The van der Waals surface area contributed by atoms with Gasteiger partial charge in [-0.1, -0.05) is 55.0 Å². The summed E-state index contributed by atoms with van der Waals surface area (Å²) < 4.78 is 5.16. The summed E-state index contributed by atoms with van der Waals surface area (Å²) in [6, 6.07) is 17.4. The quantitative estimate of drug-likeness (QED) is 0.309. The SMILES string of the molecule is CN=C(NCc1ccc(COC)cc1)NCc1ccc(CN2CCCCC2)cc1.I. The zero-order valence-corrected chi connectivity index (χ0v) is 20.5. The fourth-order valence-corrected chi connectivity index (χ4v) is 3.65. The number of ether oxygens (including phenoxy) is 1. The highest BCUT2D eigenvalue weighted by Crippen LogP contribution is 2.13. The first-order valence-electron chi connectivity index (χ1n) is 10.6. The molecule has 1 aliphatic heterocycles. The van der Waals surface area contributed by atoms with E-state index >= 15 is 0 Å². The van der Waals surface area contributed by atoms with Crippen LogP contribution in [-0.2, 0) is 31.0 Å². The van der Waals surface area contributed by atoms with Crippen molar-refractivity contribution in [2.45, 2.75) is 45.5 Å². The van der Waals surface area contributed by atoms with Crippen molar-refractivity contribution in [2.24, 2.45) is 4.99 Å². The molecule has 0 unspecified atom stereocenters. The molecule has 2 aromatic rings. The van der Waals surface area contributed by atoms with Crippen LogP contribution in [0.2, 0.25) is 0 Å². The van der Waals surface area contributed by atoms with Crippen molar-refractivity contribution >= 4 is 29.9 Å². The largest absolute Gasteiger partial charge is 0.380 e. The summed E-state index contributed by atoms with van der Waals surface area (Å²) in [5.41, 5.74) is 5.06. The van der Waals surface area contributed by atoms with Gasteiger partial charge < -0.3 is 15.4 Å². The van der Waals surface area contributed by atoms with Gasteiger partial charge in [0.15, 0.2) is 5.96 Å². The van der Waals surface area contributed by atoms with Crippen molar-refractivity contribution in [1.82, 2.24) is 15.5 Å². The third kappa shape index (κ3) is 8.24. The third-order valence-electron chi connectivity index (χ3n) is 5.36. The van der Waals surface area contributed by atoms with Gasteiger partial charge in [-0.25, -0.2) is 0 Å². The smallest absolute Gasteiger partial charge is 0.191 e. The zero-order chi connectivity index (χ0) is 20.3. The predicted molar refractivity (Wildman–Crippen MR) is 135 cm³/mol. The van der Waals surface area contributed by atoms with Gasteiger partial charge in [0.25, 0.3) is 0 Å². The molecule has 0 aromatic heterocycles. The van der Waals surface area contributed by atoms with E-state index in [9.17, 15) is 0 Å². The Morgan fingerprint density at radius 3 is 1.83 bits per heavy atom. The van der Waals surface area contributed by atoms with Gasteiger partial charge in [0.1, 0.15) is 0 Å². The summed E-state index contributed by atoms with van der Waals surface area (Å²) >= 11 is 0. The number of hydrogen-bond donors (Lipinski definition) is 2. The molecule has 1 aliphatic rings. The van der Waals surface area contributed by atoms with Gasteiger partial charge in [-0.3, -0.25) is 9.89 Å². The molecular weight excluding hydrogens is 487 g/mol. The fourth-order valence-electron chi connectivity index (χ4n) is 3.65. The van der Waals surface area contributed by atoms with Crippen LogP contribution in [0.1, 0.15) is 41.5 Å². The Morgan fingerprint density at radius 1 is 0.833 bits per heavy atom. The number of aliphatic imine (C=N–C) groups is 1. The molecule has 0 spiro atoms. The zero-order valence-electron chi connectivity index (χ0n) is 18.2. The van der Waals surface area contributed by atoms with Crippen molar-refractivity contribution in [2.75, 3.05) is 27.2 Å². The van der Waals surface area contributed by atoms with Crippen LogP contribution in [0.25, 0.3) is 0 Å². The molecular formula is C24H35IN4O. The fraction of sp³-hybridized carbons (Fsp3) is 0.458. The Hall–Kier alpha value is -1.64. The van der Waals surface area contributed by atoms with Gasteiger partial charge in [-0.2, -0.15) is 0 Å². The number of guanidine groups is 1.